The lowest BCUT2D eigenvalue weighted by Gasteiger charge is -2.14. The second-order valence-corrected chi connectivity index (χ2v) is 5.19. The van der Waals surface area contributed by atoms with E-state index < -0.39 is 0 Å². The number of carbonyl (C=O) groups excluding carboxylic acids is 1. The molecule has 1 heterocycles. The van der Waals surface area contributed by atoms with Gasteiger partial charge in [-0.3, -0.25) is 4.98 Å². The lowest BCUT2D eigenvalue weighted by atomic mass is 10.1. The van der Waals surface area contributed by atoms with Crippen LogP contribution in [0.2, 0.25) is 5.02 Å². The van der Waals surface area contributed by atoms with Crippen molar-refractivity contribution in [1.29, 1.82) is 0 Å². The molecule has 0 bridgehead atoms. The van der Waals surface area contributed by atoms with E-state index >= 15 is 0 Å². The van der Waals surface area contributed by atoms with Crippen LogP contribution in [-0.2, 0) is 6.42 Å². The van der Waals surface area contributed by atoms with E-state index in [2.05, 4.69) is 15.6 Å². The molecule has 1 aromatic heterocycles. The molecule has 0 saturated heterocycles. The molecule has 110 valence electrons. The highest BCUT2D eigenvalue weighted by atomic mass is 35.5. The average molecular weight is 304 g/mol. The van der Waals surface area contributed by atoms with Gasteiger partial charge in [0.25, 0.3) is 0 Å². The molecular weight excluding hydrogens is 286 g/mol. The molecule has 5 heteroatoms. The van der Waals surface area contributed by atoms with Gasteiger partial charge in [0.1, 0.15) is 0 Å². The quantitative estimate of drug-likeness (QED) is 0.890. The summed E-state index contributed by atoms with van der Waals surface area (Å²) in [4.78, 5) is 16.0. The summed E-state index contributed by atoms with van der Waals surface area (Å²) >= 11 is 5.92. The van der Waals surface area contributed by atoms with Gasteiger partial charge in [-0.2, -0.15) is 0 Å². The second-order valence-electron chi connectivity index (χ2n) is 4.76. The molecular formula is C16H18ClN3O. The summed E-state index contributed by atoms with van der Waals surface area (Å²) in [7, 11) is 0. The Kier molecular flexibility index (Phi) is 5.58. The van der Waals surface area contributed by atoms with Crippen LogP contribution in [-0.4, -0.2) is 17.6 Å². The number of carbonyl (C=O) groups is 1. The van der Waals surface area contributed by atoms with Gasteiger partial charge in [0.05, 0.1) is 11.7 Å². The van der Waals surface area contributed by atoms with Crippen LogP contribution in [0, 0.1) is 0 Å². The molecule has 2 aromatic rings. The molecule has 2 N–H and O–H groups in total. The summed E-state index contributed by atoms with van der Waals surface area (Å²) in [5, 5.41) is 6.39. The molecule has 1 atom stereocenters. The first-order chi connectivity index (χ1) is 10.1. The largest absolute Gasteiger partial charge is 0.338 e. The van der Waals surface area contributed by atoms with Gasteiger partial charge in [0.2, 0.25) is 0 Å². The molecule has 0 aliphatic heterocycles. The summed E-state index contributed by atoms with van der Waals surface area (Å²) in [6.07, 6.45) is 2.45. The molecule has 0 radical (unpaired) electrons. The van der Waals surface area contributed by atoms with Crippen LogP contribution in [0.25, 0.3) is 0 Å². The lowest BCUT2D eigenvalue weighted by Crippen LogP contribution is -2.38. The predicted molar refractivity (Wildman–Crippen MR) is 84.3 cm³/mol. The fourth-order valence-corrected chi connectivity index (χ4v) is 2.18. The van der Waals surface area contributed by atoms with Crippen LogP contribution in [0.5, 0.6) is 0 Å². The van der Waals surface area contributed by atoms with Gasteiger partial charge in [-0.05, 0) is 43.2 Å². The fourth-order valence-electron chi connectivity index (χ4n) is 1.97. The van der Waals surface area contributed by atoms with Crippen molar-refractivity contribution in [1.82, 2.24) is 15.6 Å². The molecule has 0 saturated carbocycles. The Morgan fingerprint density at radius 3 is 2.86 bits per heavy atom. The van der Waals surface area contributed by atoms with Crippen molar-refractivity contribution in [2.75, 3.05) is 6.54 Å². The number of pyridine rings is 1. The van der Waals surface area contributed by atoms with Crippen molar-refractivity contribution < 1.29 is 4.79 Å². The Bertz CT molecular complexity index is 589. The number of hydrogen-bond acceptors (Lipinski definition) is 2. The summed E-state index contributed by atoms with van der Waals surface area (Å²) in [6, 6.07) is 12.9. The third kappa shape index (κ3) is 5.08. The smallest absolute Gasteiger partial charge is 0.315 e. The Morgan fingerprint density at radius 1 is 1.29 bits per heavy atom. The van der Waals surface area contributed by atoms with Gasteiger partial charge in [0, 0.05) is 17.8 Å². The minimum Gasteiger partial charge on any atom is -0.338 e. The number of benzene rings is 1. The molecule has 2 rings (SSSR count). The van der Waals surface area contributed by atoms with E-state index in [0.29, 0.717) is 11.6 Å². The molecule has 1 aromatic carbocycles. The maximum Gasteiger partial charge on any atom is 0.315 e. The fraction of sp³-hybridized carbons (Fsp3) is 0.250. The van der Waals surface area contributed by atoms with Crippen molar-refractivity contribution in [3.8, 4) is 0 Å². The number of nitrogens with one attached hydrogen (secondary N) is 2. The number of hydrogen-bond donors (Lipinski definition) is 2. The van der Waals surface area contributed by atoms with Crippen molar-refractivity contribution in [2.24, 2.45) is 0 Å². The number of halogens is 1. The maximum atomic E-state index is 11.8. The van der Waals surface area contributed by atoms with Crippen LogP contribution in [0.3, 0.4) is 0 Å². The van der Waals surface area contributed by atoms with Crippen LogP contribution >= 0.6 is 11.6 Å². The van der Waals surface area contributed by atoms with Crippen molar-refractivity contribution >= 4 is 17.6 Å². The molecule has 0 aliphatic carbocycles. The standard InChI is InChI=1S/C16H18ClN3O/c1-12(15-7-2-3-9-18-15)20-16(21)19-10-8-13-5-4-6-14(17)11-13/h2-7,9,11-12H,8,10H2,1H3,(H2,19,20,21)/t12-/m1/s1. The summed E-state index contributed by atoms with van der Waals surface area (Å²) < 4.78 is 0. The predicted octanol–water partition coefficient (Wildman–Crippen LogP) is 3.34. The topological polar surface area (TPSA) is 54.0 Å². The second kappa shape index (κ2) is 7.64. The first-order valence-electron chi connectivity index (χ1n) is 6.85. The normalized spacial score (nSPS) is 11.7. The Hall–Kier alpha value is -2.07. The van der Waals surface area contributed by atoms with E-state index in [1.165, 1.54) is 0 Å². The van der Waals surface area contributed by atoms with Crippen LogP contribution < -0.4 is 10.6 Å². The van der Waals surface area contributed by atoms with Crippen molar-refractivity contribution in [2.45, 2.75) is 19.4 Å². The zero-order chi connectivity index (χ0) is 15.1. The molecule has 0 unspecified atom stereocenters. The highest BCUT2D eigenvalue weighted by Crippen LogP contribution is 2.10. The van der Waals surface area contributed by atoms with Gasteiger partial charge in [-0.1, -0.05) is 29.8 Å². The molecule has 0 fully saturated rings. The molecule has 0 spiro atoms. The van der Waals surface area contributed by atoms with Gasteiger partial charge in [0.15, 0.2) is 0 Å². The number of aromatic nitrogens is 1. The van der Waals surface area contributed by atoms with Gasteiger partial charge in [-0.25, -0.2) is 4.79 Å². The van der Waals surface area contributed by atoms with Gasteiger partial charge in [-0.15, -0.1) is 0 Å². The first kappa shape index (κ1) is 15.3. The van der Waals surface area contributed by atoms with Gasteiger partial charge >= 0.3 is 6.03 Å². The monoisotopic (exact) mass is 303 g/mol. The maximum absolute atomic E-state index is 11.8. The molecule has 21 heavy (non-hydrogen) atoms. The van der Waals surface area contributed by atoms with Crippen molar-refractivity contribution in [3.05, 3.63) is 64.9 Å². The molecule has 0 aliphatic rings. The number of nitrogens with zero attached hydrogens (tertiary/aromatic N) is 1. The molecule has 2 amide bonds. The van der Waals surface area contributed by atoms with E-state index in [0.717, 1.165) is 17.7 Å². The zero-order valence-electron chi connectivity index (χ0n) is 11.8. The zero-order valence-corrected chi connectivity index (χ0v) is 12.6. The molecule has 4 nitrogen and oxygen atoms in total. The van der Waals surface area contributed by atoms with E-state index in [4.69, 9.17) is 11.6 Å². The number of amides is 2. The summed E-state index contributed by atoms with van der Waals surface area (Å²) in [5.74, 6) is 0. The summed E-state index contributed by atoms with van der Waals surface area (Å²) in [5.41, 5.74) is 1.93. The Labute approximate surface area is 129 Å². The minimum atomic E-state index is -0.199. The average Bonchev–Trinajstić information content (AvgIpc) is 2.48. The third-order valence-electron chi connectivity index (χ3n) is 3.07. The Balaban J connectivity index is 1.75. The van der Waals surface area contributed by atoms with Gasteiger partial charge < -0.3 is 10.6 Å². The highest BCUT2D eigenvalue weighted by molar-refractivity contribution is 6.30. The first-order valence-corrected chi connectivity index (χ1v) is 7.22. The van der Waals surface area contributed by atoms with E-state index in [1.54, 1.807) is 6.20 Å². The van der Waals surface area contributed by atoms with Crippen LogP contribution in [0.4, 0.5) is 4.79 Å². The Morgan fingerprint density at radius 2 is 2.14 bits per heavy atom. The van der Waals surface area contributed by atoms with Crippen LogP contribution in [0.1, 0.15) is 24.2 Å². The summed E-state index contributed by atoms with van der Waals surface area (Å²) in [6.45, 7) is 2.46. The minimum absolute atomic E-state index is 0.127. The number of rotatable bonds is 5. The van der Waals surface area contributed by atoms with Crippen LogP contribution in [0.15, 0.2) is 48.7 Å². The lowest BCUT2D eigenvalue weighted by molar-refractivity contribution is 0.238. The highest BCUT2D eigenvalue weighted by Gasteiger charge is 2.09. The van der Waals surface area contributed by atoms with E-state index in [1.807, 2.05) is 49.4 Å². The van der Waals surface area contributed by atoms with Crippen molar-refractivity contribution in [3.63, 3.8) is 0 Å². The number of urea groups is 1. The SMILES string of the molecule is C[C@@H](NC(=O)NCCc1cccc(Cl)c1)c1ccccn1. The third-order valence-corrected chi connectivity index (χ3v) is 3.30. The van der Waals surface area contributed by atoms with E-state index in [9.17, 15) is 4.79 Å². The van der Waals surface area contributed by atoms with E-state index in [-0.39, 0.29) is 12.1 Å².